The van der Waals surface area contributed by atoms with Crippen molar-refractivity contribution in [1.29, 1.82) is 0 Å². The van der Waals surface area contributed by atoms with Gasteiger partial charge in [-0.05, 0) is 73.7 Å². The van der Waals surface area contributed by atoms with E-state index in [0.29, 0.717) is 5.02 Å². The number of thioether (sulfide) groups is 1. The van der Waals surface area contributed by atoms with Crippen molar-refractivity contribution in [2.24, 2.45) is 0 Å². The number of Topliss-reactive ketones (excluding diaryl/α,β-unsaturated/α-hetero) is 1. The average Bonchev–Trinajstić information content (AvgIpc) is 2.95. The fourth-order valence-corrected chi connectivity index (χ4v) is 3.86. The molecule has 1 unspecified atom stereocenters. The summed E-state index contributed by atoms with van der Waals surface area (Å²) in [6.07, 6.45) is 3.62. The largest absolute Gasteiger partial charge is 0.293 e. The lowest BCUT2D eigenvalue weighted by molar-refractivity contribution is 0.0994. The van der Waals surface area contributed by atoms with Crippen molar-refractivity contribution < 1.29 is 4.79 Å². The molecule has 2 aromatic carbocycles. The molecular weight excluding hydrogens is 300 g/mol. The highest BCUT2D eigenvalue weighted by atomic mass is 35.5. The minimum atomic E-state index is -0.0920. The number of hydrogen-bond acceptors (Lipinski definition) is 2. The standard InChI is InChI=1S/C18H17ClOS/c1-12(18(20)14-5-8-16(19)9-6-14)21-17-10-7-13-3-2-4-15(13)11-17/h5-12H,2-4H2,1H3. The van der Waals surface area contributed by atoms with E-state index in [9.17, 15) is 4.79 Å². The Hall–Kier alpha value is -1.25. The van der Waals surface area contributed by atoms with Crippen LogP contribution in [0.2, 0.25) is 5.02 Å². The summed E-state index contributed by atoms with van der Waals surface area (Å²) >= 11 is 7.50. The van der Waals surface area contributed by atoms with Crippen LogP contribution >= 0.6 is 23.4 Å². The van der Waals surface area contributed by atoms with Gasteiger partial charge in [-0.15, -0.1) is 11.8 Å². The summed E-state index contributed by atoms with van der Waals surface area (Å²) in [7, 11) is 0. The van der Waals surface area contributed by atoms with Crippen LogP contribution in [-0.4, -0.2) is 11.0 Å². The summed E-state index contributed by atoms with van der Waals surface area (Å²) in [6.45, 7) is 1.97. The molecule has 1 nitrogen and oxygen atoms in total. The maximum atomic E-state index is 12.4. The van der Waals surface area contributed by atoms with Crippen LogP contribution in [-0.2, 0) is 12.8 Å². The number of aryl methyl sites for hydroxylation is 2. The SMILES string of the molecule is CC(Sc1ccc2c(c1)CCC2)C(=O)c1ccc(Cl)cc1. The highest BCUT2D eigenvalue weighted by molar-refractivity contribution is 8.00. The second-order valence-corrected chi connectivity index (χ2v) is 7.27. The Balaban J connectivity index is 1.72. The molecule has 108 valence electrons. The first-order valence-corrected chi connectivity index (χ1v) is 8.47. The molecule has 0 spiro atoms. The van der Waals surface area contributed by atoms with E-state index in [1.807, 2.05) is 6.92 Å². The zero-order valence-electron chi connectivity index (χ0n) is 11.9. The lowest BCUT2D eigenvalue weighted by atomic mass is 10.1. The predicted molar refractivity (Wildman–Crippen MR) is 89.6 cm³/mol. The van der Waals surface area contributed by atoms with Crippen molar-refractivity contribution in [2.75, 3.05) is 0 Å². The van der Waals surface area contributed by atoms with Gasteiger partial charge in [-0.25, -0.2) is 0 Å². The van der Waals surface area contributed by atoms with Gasteiger partial charge in [-0.1, -0.05) is 17.7 Å². The number of benzene rings is 2. The van der Waals surface area contributed by atoms with E-state index in [1.54, 1.807) is 36.0 Å². The normalized spacial score (nSPS) is 14.8. The molecule has 1 aliphatic rings. The van der Waals surface area contributed by atoms with Gasteiger partial charge in [0.05, 0.1) is 5.25 Å². The van der Waals surface area contributed by atoms with Crippen LogP contribution in [0.1, 0.15) is 34.8 Å². The fourth-order valence-electron chi connectivity index (χ4n) is 2.73. The number of carbonyl (C=O) groups excluding carboxylic acids is 1. The molecule has 0 N–H and O–H groups in total. The lowest BCUT2D eigenvalue weighted by Gasteiger charge is -2.11. The van der Waals surface area contributed by atoms with Crippen LogP contribution in [0.25, 0.3) is 0 Å². The Kier molecular flexibility index (Phi) is 4.37. The molecule has 0 saturated carbocycles. The van der Waals surface area contributed by atoms with E-state index in [1.165, 1.54) is 35.3 Å². The number of carbonyl (C=O) groups is 1. The van der Waals surface area contributed by atoms with Gasteiger partial charge in [0.25, 0.3) is 0 Å². The molecule has 0 aromatic heterocycles. The molecule has 2 aromatic rings. The highest BCUT2D eigenvalue weighted by Gasteiger charge is 2.18. The number of halogens is 1. The first-order valence-electron chi connectivity index (χ1n) is 7.22. The number of rotatable bonds is 4. The van der Waals surface area contributed by atoms with Crippen molar-refractivity contribution in [3.05, 3.63) is 64.2 Å². The van der Waals surface area contributed by atoms with Gasteiger partial charge in [0.1, 0.15) is 0 Å². The maximum absolute atomic E-state index is 12.4. The molecule has 0 amide bonds. The van der Waals surface area contributed by atoms with E-state index >= 15 is 0 Å². The van der Waals surface area contributed by atoms with E-state index in [4.69, 9.17) is 11.6 Å². The second-order valence-electron chi connectivity index (χ2n) is 5.42. The van der Waals surface area contributed by atoms with Gasteiger partial charge in [0.15, 0.2) is 5.78 Å². The van der Waals surface area contributed by atoms with Gasteiger partial charge in [-0.3, -0.25) is 4.79 Å². The Morgan fingerprint density at radius 1 is 1.10 bits per heavy atom. The van der Waals surface area contributed by atoms with Gasteiger partial charge >= 0.3 is 0 Å². The molecule has 0 fully saturated rings. The van der Waals surface area contributed by atoms with Crippen molar-refractivity contribution >= 4 is 29.1 Å². The number of fused-ring (bicyclic) bond motifs is 1. The summed E-state index contributed by atoms with van der Waals surface area (Å²) < 4.78 is 0. The number of hydrogen-bond donors (Lipinski definition) is 0. The van der Waals surface area contributed by atoms with Crippen molar-refractivity contribution in [1.82, 2.24) is 0 Å². The average molecular weight is 317 g/mol. The first kappa shape index (κ1) is 14.7. The second kappa shape index (κ2) is 6.25. The molecule has 3 rings (SSSR count). The summed E-state index contributed by atoms with van der Waals surface area (Å²) in [4.78, 5) is 13.6. The van der Waals surface area contributed by atoms with Crippen molar-refractivity contribution in [2.45, 2.75) is 36.3 Å². The highest BCUT2D eigenvalue weighted by Crippen LogP contribution is 2.31. The quantitative estimate of drug-likeness (QED) is 0.570. The molecule has 0 saturated heterocycles. The third-order valence-corrected chi connectivity index (χ3v) is 5.23. The smallest absolute Gasteiger partial charge is 0.175 e. The molecule has 1 atom stereocenters. The summed E-state index contributed by atoms with van der Waals surface area (Å²) in [5.41, 5.74) is 3.64. The Bertz CT molecular complexity index is 663. The fraction of sp³-hybridized carbons (Fsp3) is 0.278. The van der Waals surface area contributed by atoms with Crippen LogP contribution in [0.4, 0.5) is 0 Å². The molecule has 0 aliphatic heterocycles. The van der Waals surface area contributed by atoms with E-state index in [2.05, 4.69) is 18.2 Å². The van der Waals surface area contributed by atoms with E-state index in [-0.39, 0.29) is 11.0 Å². The van der Waals surface area contributed by atoms with Crippen LogP contribution in [0.3, 0.4) is 0 Å². The monoisotopic (exact) mass is 316 g/mol. The van der Waals surface area contributed by atoms with E-state index < -0.39 is 0 Å². The van der Waals surface area contributed by atoms with Crippen LogP contribution < -0.4 is 0 Å². The van der Waals surface area contributed by atoms with Crippen LogP contribution in [0.5, 0.6) is 0 Å². The Morgan fingerprint density at radius 2 is 1.81 bits per heavy atom. The topological polar surface area (TPSA) is 17.1 Å². The molecule has 21 heavy (non-hydrogen) atoms. The van der Waals surface area contributed by atoms with Crippen molar-refractivity contribution in [3.63, 3.8) is 0 Å². The Labute approximate surface area is 134 Å². The summed E-state index contributed by atoms with van der Waals surface area (Å²) in [5, 5.41) is 0.566. The van der Waals surface area contributed by atoms with E-state index in [0.717, 1.165) is 5.56 Å². The van der Waals surface area contributed by atoms with Gasteiger partial charge in [0, 0.05) is 15.5 Å². The molecule has 3 heteroatoms. The van der Waals surface area contributed by atoms with Crippen LogP contribution in [0.15, 0.2) is 47.4 Å². The molecule has 0 heterocycles. The lowest BCUT2D eigenvalue weighted by Crippen LogP contribution is -2.13. The zero-order chi connectivity index (χ0) is 14.8. The maximum Gasteiger partial charge on any atom is 0.175 e. The predicted octanol–water partition coefficient (Wildman–Crippen LogP) is 5.19. The van der Waals surface area contributed by atoms with Gasteiger partial charge in [0.2, 0.25) is 0 Å². The van der Waals surface area contributed by atoms with Gasteiger partial charge < -0.3 is 0 Å². The molecule has 1 aliphatic carbocycles. The van der Waals surface area contributed by atoms with Gasteiger partial charge in [-0.2, -0.15) is 0 Å². The third-order valence-electron chi connectivity index (χ3n) is 3.88. The molecular formula is C18H17ClOS. The number of ketones is 1. The minimum absolute atomic E-state index is 0.0920. The van der Waals surface area contributed by atoms with Crippen molar-refractivity contribution in [3.8, 4) is 0 Å². The Morgan fingerprint density at radius 3 is 2.57 bits per heavy atom. The zero-order valence-corrected chi connectivity index (χ0v) is 13.5. The van der Waals surface area contributed by atoms with Crippen LogP contribution in [0, 0.1) is 0 Å². The summed E-state index contributed by atoms with van der Waals surface area (Å²) in [5.74, 6) is 0.150. The summed E-state index contributed by atoms with van der Waals surface area (Å²) in [6, 6.07) is 13.7. The molecule has 0 bridgehead atoms. The first-order chi connectivity index (χ1) is 10.1. The minimum Gasteiger partial charge on any atom is -0.293 e. The third kappa shape index (κ3) is 3.33. The molecule has 0 radical (unpaired) electrons.